The van der Waals surface area contributed by atoms with Gasteiger partial charge in [0.25, 0.3) is 0 Å². The maximum atomic E-state index is 14.2. The van der Waals surface area contributed by atoms with Gasteiger partial charge in [0.1, 0.15) is 12.6 Å². The first-order chi connectivity index (χ1) is 20.0. The molecule has 3 aromatic carbocycles. The Hall–Kier alpha value is -3.07. The average Bonchev–Trinajstić information content (AvgIpc) is 2.95. The lowest BCUT2D eigenvalue weighted by atomic mass is 9.94. The van der Waals surface area contributed by atoms with Gasteiger partial charge in [-0.25, -0.2) is 8.42 Å². The fraction of sp³-hybridized carbons (Fsp3) is 0.375. The smallest absolute Gasteiger partial charge is 0.244 e. The molecule has 0 aliphatic heterocycles. The summed E-state index contributed by atoms with van der Waals surface area (Å²) in [4.78, 5) is 29.7. The second-order valence-corrected chi connectivity index (χ2v) is 13.7. The van der Waals surface area contributed by atoms with Crippen LogP contribution >= 0.6 is 23.2 Å². The monoisotopic (exact) mass is 629 g/mol. The van der Waals surface area contributed by atoms with Gasteiger partial charge in [0.15, 0.2) is 0 Å². The first kappa shape index (κ1) is 31.9. The first-order valence-electron chi connectivity index (χ1n) is 14.1. The standard InChI is InChI=1S/C32H37Cl2N3O4S/c1-23-10-9-15-28(18-23)37(42(2,40)41)22-31(38)36(21-25-16-17-26(33)20-29(25)34)30(19-24-11-5-3-6-12-24)32(39)35-27-13-7-4-8-14-27/h3,5-6,9-12,15-18,20,27,30H,4,7-8,13-14,19,21-22H2,1-2H3,(H,35,39)/t30-/m1/s1. The van der Waals surface area contributed by atoms with Crippen LogP contribution in [-0.2, 0) is 32.6 Å². The molecule has 3 aromatic rings. The van der Waals surface area contributed by atoms with E-state index < -0.39 is 28.5 Å². The van der Waals surface area contributed by atoms with E-state index in [0.29, 0.717) is 21.3 Å². The van der Waals surface area contributed by atoms with Gasteiger partial charge in [-0.2, -0.15) is 0 Å². The van der Waals surface area contributed by atoms with Gasteiger partial charge >= 0.3 is 0 Å². The Morgan fingerprint density at radius 1 is 0.952 bits per heavy atom. The molecular formula is C32H37Cl2N3O4S. The van der Waals surface area contributed by atoms with Gasteiger partial charge in [-0.1, -0.05) is 91.0 Å². The third-order valence-corrected chi connectivity index (χ3v) is 9.27. The number of anilines is 1. The minimum Gasteiger partial charge on any atom is -0.352 e. The van der Waals surface area contributed by atoms with Crippen LogP contribution in [0.5, 0.6) is 0 Å². The van der Waals surface area contributed by atoms with Crippen LogP contribution in [0.25, 0.3) is 0 Å². The highest BCUT2D eigenvalue weighted by Crippen LogP contribution is 2.26. The van der Waals surface area contributed by atoms with Crippen LogP contribution in [-0.4, -0.2) is 50.0 Å². The summed E-state index contributed by atoms with van der Waals surface area (Å²) in [6.07, 6.45) is 6.31. The zero-order chi connectivity index (χ0) is 30.3. The quantitative estimate of drug-likeness (QED) is 0.275. The second kappa shape index (κ2) is 14.4. The van der Waals surface area contributed by atoms with E-state index in [9.17, 15) is 18.0 Å². The van der Waals surface area contributed by atoms with Crippen molar-refractivity contribution in [3.63, 3.8) is 0 Å². The number of carbonyl (C=O) groups excluding carboxylic acids is 2. The number of hydrogen-bond acceptors (Lipinski definition) is 4. The summed E-state index contributed by atoms with van der Waals surface area (Å²) in [5, 5.41) is 3.98. The topological polar surface area (TPSA) is 86.8 Å². The predicted molar refractivity (Wildman–Crippen MR) is 169 cm³/mol. The molecule has 10 heteroatoms. The zero-order valence-electron chi connectivity index (χ0n) is 23.9. The molecule has 1 aliphatic rings. The molecule has 0 bridgehead atoms. The van der Waals surface area contributed by atoms with Crippen molar-refractivity contribution >= 4 is 50.7 Å². The highest BCUT2D eigenvalue weighted by Gasteiger charge is 2.34. The Morgan fingerprint density at radius 2 is 1.67 bits per heavy atom. The van der Waals surface area contributed by atoms with Crippen molar-refractivity contribution in [3.05, 3.63) is 99.5 Å². The summed E-state index contributed by atoms with van der Waals surface area (Å²) in [7, 11) is -3.84. The van der Waals surface area contributed by atoms with E-state index in [1.807, 2.05) is 43.3 Å². The van der Waals surface area contributed by atoms with Gasteiger partial charge in [0.05, 0.1) is 11.9 Å². The molecule has 0 aromatic heterocycles. The molecule has 2 amide bonds. The van der Waals surface area contributed by atoms with Crippen molar-refractivity contribution in [2.24, 2.45) is 0 Å². The zero-order valence-corrected chi connectivity index (χ0v) is 26.3. The van der Waals surface area contributed by atoms with Crippen LogP contribution in [0.1, 0.15) is 48.8 Å². The molecule has 0 heterocycles. The normalized spacial score (nSPS) is 14.7. The summed E-state index contributed by atoms with van der Waals surface area (Å²) in [6.45, 7) is 1.37. The average molecular weight is 631 g/mol. The largest absolute Gasteiger partial charge is 0.352 e. The molecule has 1 N–H and O–H groups in total. The lowest BCUT2D eigenvalue weighted by Crippen LogP contribution is -2.55. The molecular weight excluding hydrogens is 593 g/mol. The minimum absolute atomic E-state index is 0.00413. The van der Waals surface area contributed by atoms with Gasteiger partial charge in [0, 0.05) is 29.1 Å². The molecule has 42 heavy (non-hydrogen) atoms. The van der Waals surface area contributed by atoms with E-state index in [1.165, 1.54) is 4.90 Å². The van der Waals surface area contributed by atoms with Crippen molar-refractivity contribution in [2.45, 2.75) is 64.1 Å². The van der Waals surface area contributed by atoms with Crippen LogP contribution in [0, 0.1) is 6.92 Å². The van der Waals surface area contributed by atoms with Gasteiger partial charge in [-0.05, 0) is 60.7 Å². The van der Waals surface area contributed by atoms with Crippen molar-refractivity contribution < 1.29 is 18.0 Å². The van der Waals surface area contributed by atoms with Crippen molar-refractivity contribution in [2.75, 3.05) is 17.1 Å². The highest BCUT2D eigenvalue weighted by molar-refractivity contribution is 7.92. The maximum Gasteiger partial charge on any atom is 0.244 e. The van der Waals surface area contributed by atoms with Gasteiger partial charge in [0.2, 0.25) is 21.8 Å². The lowest BCUT2D eigenvalue weighted by Gasteiger charge is -2.35. The van der Waals surface area contributed by atoms with Crippen LogP contribution in [0.3, 0.4) is 0 Å². The number of amides is 2. The van der Waals surface area contributed by atoms with E-state index in [0.717, 1.165) is 53.8 Å². The summed E-state index contributed by atoms with van der Waals surface area (Å²) < 4.78 is 27.0. The lowest BCUT2D eigenvalue weighted by molar-refractivity contribution is -0.140. The molecule has 4 rings (SSSR count). The Bertz CT molecular complexity index is 1490. The molecule has 1 aliphatic carbocycles. The Morgan fingerprint density at radius 3 is 2.31 bits per heavy atom. The highest BCUT2D eigenvalue weighted by atomic mass is 35.5. The Labute approximate surface area is 258 Å². The summed E-state index contributed by atoms with van der Waals surface area (Å²) >= 11 is 12.7. The number of nitrogens with one attached hydrogen (secondary N) is 1. The second-order valence-electron chi connectivity index (χ2n) is 10.9. The van der Waals surface area contributed by atoms with Crippen LogP contribution < -0.4 is 9.62 Å². The molecule has 0 unspecified atom stereocenters. The fourth-order valence-electron chi connectivity index (χ4n) is 5.33. The fourth-order valence-corrected chi connectivity index (χ4v) is 6.64. The summed E-state index contributed by atoms with van der Waals surface area (Å²) in [5.74, 6) is -0.793. The molecule has 1 fully saturated rings. The van der Waals surface area contributed by atoms with Gasteiger partial charge < -0.3 is 10.2 Å². The number of nitrogens with zero attached hydrogens (tertiary/aromatic N) is 2. The molecule has 224 valence electrons. The maximum absolute atomic E-state index is 14.2. The summed E-state index contributed by atoms with van der Waals surface area (Å²) in [5.41, 5.74) is 2.70. The number of rotatable bonds is 11. The number of halogens is 2. The molecule has 0 saturated heterocycles. The minimum atomic E-state index is -3.84. The first-order valence-corrected chi connectivity index (χ1v) is 16.7. The third-order valence-electron chi connectivity index (χ3n) is 7.55. The Kier molecular flexibility index (Phi) is 10.9. The number of aryl methyl sites for hydroxylation is 1. The van der Waals surface area contributed by atoms with Crippen molar-refractivity contribution in [1.29, 1.82) is 0 Å². The molecule has 7 nitrogen and oxygen atoms in total. The van der Waals surface area contributed by atoms with E-state index in [2.05, 4.69) is 5.32 Å². The van der Waals surface area contributed by atoms with Gasteiger partial charge in [-0.3, -0.25) is 13.9 Å². The van der Waals surface area contributed by atoms with Crippen molar-refractivity contribution in [3.8, 4) is 0 Å². The number of benzene rings is 3. The summed E-state index contributed by atoms with van der Waals surface area (Å²) in [6, 6.07) is 20.6. The van der Waals surface area contributed by atoms with Crippen LogP contribution in [0.15, 0.2) is 72.8 Å². The van der Waals surface area contributed by atoms with Crippen LogP contribution in [0.4, 0.5) is 5.69 Å². The number of sulfonamides is 1. The molecule has 0 spiro atoms. The van der Waals surface area contributed by atoms with E-state index in [1.54, 1.807) is 36.4 Å². The van der Waals surface area contributed by atoms with Crippen molar-refractivity contribution in [1.82, 2.24) is 10.2 Å². The molecule has 0 radical (unpaired) electrons. The third kappa shape index (κ3) is 8.72. The molecule has 1 saturated carbocycles. The van der Waals surface area contributed by atoms with E-state index >= 15 is 0 Å². The van der Waals surface area contributed by atoms with Gasteiger partial charge in [-0.15, -0.1) is 0 Å². The Balaban J connectivity index is 1.74. The molecule has 1 atom stereocenters. The number of carbonyl (C=O) groups is 2. The predicted octanol–water partition coefficient (Wildman–Crippen LogP) is 6.16. The van der Waals surface area contributed by atoms with E-state index in [-0.39, 0.29) is 24.9 Å². The number of hydrogen-bond donors (Lipinski definition) is 1. The van der Waals surface area contributed by atoms with E-state index in [4.69, 9.17) is 23.2 Å². The van der Waals surface area contributed by atoms with Crippen LogP contribution in [0.2, 0.25) is 10.0 Å². The SMILES string of the molecule is Cc1cccc(N(CC(=O)N(Cc2ccc(Cl)cc2Cl)[C@H](Cc2ccccc2)C(=O)NC2CCCCC2)S(C)(=O)=O)c1.